The molecule has 2 fully saturated rings. The molecule has 3 amide bonds. The van der Waals surface area contributed by atoms with Crippen molar-refractivity contribution in [2.45, 2.75) is 45.2 Å². The maximum Gasteiger partial charge on any atom is 0.258 e. The number of benzene rings is 1. The summed E-state index contributed by atoms with van der Waals surface area (Å²) in [4.78, 5) is 40.5. The van der Waals surface area contributed by atoms with E-state index >= 15 is 0 Å². The molecule has 3 rings (SSSR count). The van der Waals surface area contributed by atoms with Gasteiger partial charge in [0.15, 0.2) is 6.61 Å². The van der Waals surface area contributed by atoms with Crippen LogP contribution < -0.4 is 10.1 Å². The molecule has 0 bridgehead atoms. The van der Waals surface area contributed by atoms with E-state index in [1.165, 1.54) is 0 Å². The number of nitrogens with one attached hydrogen (secondary N) is 1. The summed E-state index contributed by atoms with van der Waals surface area (Å²) < 4.78 is 5.46. The molecule has 1 N–H and O–H groups in total. The molecule has 0 radical (unpaired) electrons. The van der Waals surface area contributed by atoms with Crippen molar-refractivity contribution in [3.8, 4) is 5.75 Å². The molecule has 2 aliphatic heterocycles. The van der Waals surface area contributed by atoms with Gasteiger partial charge in [-0.15, -0.1) is 0 Å². The van der Waals surface area contributed by atoms with Crippen molar-refractivity contribution in [3.05, 3.63) is 29.3 Å². The Balaban J connectivity index is 1.40. The Morgan fingerprint density at radius 2 is 1.86 bits per heavy atom. The number of rotatable bonds is 6. The Hall–Kier alpha value is -2.28. The van der Waals surface area contributed by atoms with Gasteiger partial charge in [0.05, 0.1) is 5.92 Å². The maximum absolute atomic E-state index is 12.8. The standard InChI is InChI=1S/C21H28ClN3O4/c1-14(2)25-12-15(11-20(25)27)21(28)24-9-7-17(8-10-24)23-19(26)13-29-18-5-3-16(22)4-6-18/h3-6,14-15,17H,7-13H2,1-2H3,(H,23,26). The van der Waals surface area contributed by atoms with Crippen LogP contribution in [0.15, 0.2) is 24.3 Å². The predicted molar refractivity (Wildman–Crippen MR) is 110 cm³/mol. The Morgan fingerprint density at radius 3 is 2.45 bits per heavy atom. The van der Waals surface area contributed by atoms with E-state index in [-0.39, 0.29) is 42.3 Å². The molecule has 2 aliphatic rings. The Morgan fingerprint density at radius 1 is 1.21 bits per heavy atom. The molecule has 2 heterocycles. The summed E-state index contributed by atoms with van der Waals surface area (Å²) in [6.45, 7) is 5.57. The molecule has 1 unspecified atom stereocenters. The topological polar surface area (TPSA) is 79.0 Å². The highest BCUT2D eigenvalue weighted by Crippen LogP contribution is 2.24. The zero-order chi connectivity index (χ0) is 21.0. The summed E-state index contributed by atoms with van der Waals surface area (Å²) >= 11 is 5.82. The molecule has 1 atom stereocenters. The number of piperidine rings is 1. The van der Waals surface area contributed by atoms with E-state index in [9.17, 15) is 14.4 Å². The summed E-state index contributed by atoms with van der Waals surface area (Å²) in [5, 5.41) is 3.58. The number of hydrogen-bond donors (Lipinski definition) is 1. The maximum atomic E-state index is 12.8. The van der Waals surface area contributed by atoms with E-state index in [4.69, 9.17) is 16.3 Å². The monoisotopic (exact) mass is 421 g/mol. The molecular formula is C21H28ClN3O4. The number of amides is 3. The molecule has 0 aliphatic carbocycles. The Kier molecular flexibility index (Phi) is 7.00. The average molecular weight is 422 g/mol. The fourth-order valence-corrected chi connectivity index (χ4v) is 3.97. The van der Waals surface area contributed by atoms with Gasteiger partial charge in [-0.3, -0.25) is 14.4 Å². The third-order valence-corrected chi connectivity index (χ3v) is 5.74. The van der Waals surface area contributed by atoms with Crippen molar-refractivity contribution in [1.82, 2.24) is 15.1 Å². The predicted octanol–water partition coefficient (Wildman–Crippen LogP) is 2.08. The molecule has 158 valence electrons. The fraction of sp³-hybridized carbons (Fsp3) is 0.571. The van der Waals surface area contributed by atoms with Gasteiger partial charge in [0.25, 0.3) is 5.91 Å². The number of carbonyl (C=O) groups excluding carboxylic acids is 3. The van der Waals surface area contributed by atoms with E-state index in [0.717, 1.165) is 0 Å². The lowest BCUT2D eigenvalue weighted by atomic mass is 10.0. The third-order valence-electron chi connectivity index (χ3n) is 5.49. The summed E-state index contributed by atoms with van der Waals surface area (Å²) in [6, 6.07) is 7.00. The second-order valence-corrected chi connectivity index (χ2v) is 8.39. The van der Waals surface area contributed by atoms with Gasteiger partial charge < -0.3 is 19.9 Å². The molecule has 29 heavy (non-hydrogen) atoms. The van der Waals surface area contributed by atoms with Crippen molar-refractivity contribution in [2.24, 2.45) is 5.92 Å². The molecule has 1 aromatic carbocycles. The SMILES string of the molecule is CC(C)N1CC(C(=O)N2CCC(NC(=O)COc3ccc(Cl)cc3)CC2)CC1=O. The van der Waals surface area contributed by atoms with Crippen LogP contribution in [-0.4, -0.2) is 65.8 Å². The molecule has 7 nitrogen and oxygen atoms in total. The van der Waals surface area contributed by atoms with Gasteiger partial charge in [0.1, 0.15) is 5.75 Å². The number of halogens is 1. The Bertz CT molecular complexity index is 745. The van der Waals surface area contributed by atoms with Crippen LogP contribution >= 0.6 is 11.6 Å². The first-order chi connectivity index (χ1) is 13.8. The van der Waals surface area contributed by atoms with Gasteiger partial charge in [-0.2, -0.15) is 0 Å². The van der Waals surface area contributed by atoms with Crippen molar-refractivity contribution in [3.63, 3.8) is 0 Å². The Labute approximate surface area is 176 Å². The van der Waals surface area contributed by atoms with Crippen LogP contribution in [0.25, 0.3) is 0 Å². The number of nitrogens with zero attached hydrogens (tertiary/aromatic N) is 2. The van der Waals surface area contributed by atoms with Gasteiger partial charge in [-0.1, -0.05) is 11.6 Å². The lowest BCUT2D eigenvalue weighted by Crippen LogP contribution is -2.49. The molecule has 8 heteroatoms. The number of likely N-dealkylation sites (tertiary alicyclic amines) is 2. The van der Waals surface area contributed by atoms with Gasteiger partial charge in [-0.05, 0) is 51.0 Å². The van der Waals surface area contributed by atoms with E-state index in [1.807, 2.05) is 18.7 Å². The molecule has 0 spiro atoms. The fourth-order valence-electron chi connectivity index (χ4n) is 3.85. The van der Waals surface area contributed by atoms with Crippen LogP contribution in [0.5, 0.6) is 5.75 Å². The number of carbonyl (C=O) groups is 3. The van der Waals surface area contributed by atoms with Crippen LogP contribution in [0, 0.1) is 5.92 Å². The first kappa shape index (κ1) is 21.4. The minimum absolute atomic E-state index is 0.0257. The normalized spacial score (nSPS) is 20.3. The van der Waals surface area contributed by atoms with Crippen LogP contribution in [0.2, 0.25) is 5.02 Å². The van der Waals surface area contributed by atoms with Crippen LogP contribution in [0.1, 0.15) is 33.1 Å². The number of ether oxygens (including phenoxy) is 1. The van der Waals surface area contributed by atoms with Crippen LogP contribution in [0.3, 0.4) is 0 Å². The van der Waals surface area contributed by atoms with Gasteiger partial charge in [0, 0.05) is 43.2 Å². The second kappa shape index (κ2) is 9.48. The molecule has 2 saturated heterocycles. The van der Waals surface area contributed by atoms with Crippen molar-refractivity contribution < 1.29 is 19.1 Å². The van der Waals surface area contributed by atoms with Crippen molar-refractivity contribution >= 4 is 29.3 Å². The first-order valence-electron chi connectivity index (χ1n) is 10.1. The zero-order valence-corrected chi connectivity index (χ0v) is 17.7. The van der Waals surface area contributed by atoms with E-state index in [1.54, 1.807) is 29.2 Å². The second-order valence-electron chi connectivity index (χ2n) is 7.95. The molecule has 1 aromatic rings. The van der Waals surface area contributed by atoms with E-state index in [2.05, 4.69) is 5.32 Å². The van der Waals surface area contributed by atoms with Crippen LogP contribution in [0.4, 0.5) is 0 Å². The molecular weight excluding hydrogens is 394 g/mol. The molecule has 0 saturated carbocycles. The first-order valence-corrected chi connectivity index (χ1v) is 10.5. The van der Waals surface area contributed by atoms with Crippen LogP contribution in [-0.2, 0) is 14.4 Å². The third kappa shape index (κ3) is 5.63. The highest BCUT2D eigenvalue weighted by atomic mass is 35.5. The van der Waals surface area contributed by atoms with Gasteiger partial charge in [0.2, 0.25) is 11.8 Å². The molecule has 0 aromatic heterocycles. The largest absolute Gasteiger partial charge is 0.484 e. The smallest absolute Gasteiger partial charge is 0.258 e. The minimum atomic E-state index is -0.246. The van der Waals surface area contributed by atoms with E-state index < -0.39 is 0 Å². The minimum Gasteiger partial charge on any atom is -0.484 e. The lowest BCUT2D eigenvalue weighted by molar-refractivity contribution is -0.137. The number of hydrogen-bond acceptors (Lipinski definition) is 4. The van der Waals surface area contributed by atoms with E-state index in [0.29, 0.717) is 49.7 Å². The summed E-state index contributed by atoms with van der Waals surface area (Å²) in [6.07, 6.45) is 1.70. The highest BCUT2D eigenvalue weighted by Gasteiger charge is 2.38. The lowest BCUT2D eigenvalue weighted by Gasteiger charge is -2.34. The van der Waals surface area contributed by atoms with Crippen molar-refractivity contribution in [1.29, 1.82) is 0 Å². The highest BCUT2D eigenvalue weighted by molar-refractivity contribution is 6.30. The summed E-state index contributed by atoms with van der Waals surface area (Å²) in [5.41, 5.74) is 0. The quantitative estimate of drug-likeness (QED) is 0.762. The van der Waals surface area contributed by atoms with Crippen molar-refractivity contribution in [2.75, 3.05) is 26.2 Å². The van der Waals surface area contributed by atoms with Gasteiger partial charge in [-0.25, -0.2) is 0 Å². The summed E-state index contributed by atoms with van der Waals surface area (Å²) in [7, 11) is 0. The zero-order valence-electron chi connectivity index (χ0n) is 16.9. The van der Waals surface area contributed by atoms with Gasteiger partial charge >= 0.3 is 0 Å². The average Bonchev–Trinajstić information content (AvgIpc) is 3.09. The summed E-state index contributed by atoms with van der Waals surface area (Å²) in [5.74, 6) is 0.271.